The third-order valence-electron chi connectivity index (χ3n) is 1.71. The molecule has 0 fully saturated rings. The van der Waals surface area contributed by atoms with E-state index in [9.17, 15) is 0 Å². The molecule has 15 heavy (non-hydrogen) atoms. The molecule has 0 amide bonds. The van der Waals surface area contributed by atoms with Crippen molar-refractivity contribution >= 4 is 11.3 Å². The number of ether oxygens (including phenoxy) is 1. The molecular formula is C10H19N3OS. The lowest BCUT2D eigenvalue weighted by atomic mass is 10.4. The number of rotatable bonds is 6. The molecule has 0 radical (unpaired) electrons. The van der Waals surface area contributed by atoms with E-state index in [1.807, 2.05) is 13.8 Å². The summed E-state index contributed by atoms with van der Waals surface area (Å²) in [5.74, 6) is 0. The topological polar surface area (TPSA) is 47.0 Å². The maximum Gasteiger partial charge on any atom is 0.143 e. The van der Waals surface area contributed by atoms with Crippen molar-refractivity contribution in [3.05, 3.63) is 10.0 Å². The monoisotopic (exact) mass is 229 g/mol. The molecule has 0 aromatic carbocycles. The van der Waals surface area contributed by atoms with Crippen LogP contribution >= 0.6 is 11.3 Å². The van der Waals surface area contributed by atoms with Gasteiger partial charge in [-0.05, 0) is 13.8 Å². The van der Waals surface area contributed by atoms with Gasteiger partial charge in [0.1, 0.15) is 16.6 Å². The molecule has 0 aliphatic carbocycles. The van der Waals surface area contributed by atoms with Crippen molar-refractivity contribution in [1.29, 1.82) is 0 Å². The van der Waals surface area contributed by atoms with Crippen LogP contribution in [0, 0.1) is 0 Å². The van der Waals surface area contributed by atoms with E-state index in [2.05, 4.69) is 29.4 Å². The molecule has 0 atom stereocenters. The van der Waals surface area contributed by atoms with E-state index >= 15 is 0 Å². The zero-order chi connectivity index (χ0) is 11.3. The van der Waals surface area contributed by atoms with Crippen LogP contribution in [-0.4, -0.2) is 22.3 Å². The van der Waals surface area contributed by atoms with Gasteiger partial charge in [-0.15, -0.1) is 10.2 Å². The fraction of sp³-hybridized carbons (Fsp3) is 0.800. The predicted octanol–water partition coefficient (Wildman–Crippen LogP) is 1.96. The van der Waals surface area contributed by atoms with Gasteiger partial charge >= 0.3 is 0 Å². The summed E-state index contributed by atoms with van der Waals surface area (Å²) in [6, 6.07) is 0.476. The van der Waals surface area contributed by atoms with Crippen molar-refractivity contribution in [1.82, 2.24) is 15.5 Å². The third kappa shape index (κ3) is 5.20. The van der Waals surface area contributed by atoms with E-state index in [4.69, 9.17) is 4.74 Å². The van der Waals surface area contributed by atoms with Gasteiger partial charge in [-0.25, -0.2) is 0 Å². The van der Waals surface area contributed by atoms with Crippen molar-refractivity contribution in [2.24, 2.45) is 0 Å². The van der Waals surface area contributed by atoms with E-state index < -0.39 is 0 Å². The molecular weight excluding hydrogens is 210 g/mol. The highest BCUT2D eigenvalue weighted by atomic mass is 32.1. The highest BCUT2D eigenvalue weighted by molar-refractivity contribution is 7.11. The average Bonchev–Trinajstić information content (AvgIpc) is 2.59. The molecule has 4 nitrogen and oxygen atoms in total. The second kappa shape index (κ2) is 6.15. The summed E-state index contributed by atoms with van der Waals surface area (Å²) in [4.78, 5) is 0. The number of nitrogens with zero attached hydrogens (tertiary/aromatic N) is 2. The summed E-state index contributed by atoms with van der Waals surface area (Å²) in [7, 11) is 0. The Morgan fingerprint density at radius 2 is 1.87 bits per heavy atom. The van der Waals surface area contributed by atoms with Gasteiger partial charge in [-0.3, -0.25) is 0 Å². The molecule has 0 spiro atoms. The van der Waals surface area contributed by atoms with Crippen LogP contribution in [0.1, 0.15) is 37.7 Å². The molecule has 1 aromatic rings. The van der Waals surface area contributed by atoms with Gasteiger partial charge in [-0.2, -0.15) is 0 Å². The van der Waals surface area contributed by atoms with Gasteiger partial charge in [0.05, 0.1) is 6.10 Å². The van der Waals surface area contributed by atoms with Gasteiger partial charge in [-0.1, -0.05) is 25.2 Å². The Bertz CT molecular complexity index is 259. The van der Waals surface area contributed by atoms with Crippen molar-refractivity contribution < 1.29 is 4.74 Å². The first-order valence-electron chi connectivity index (χ1n) is 5.24. The summed E-state index contributed by atoms with van der Waals surface area (Å²) in [5, 5.41) is 13.4. The van der Waals surface area contributed by atoms with Gasteiger partial charge in [0.2, 0.25) is 0 Å². The summed E-state index contributed by atoms with van der Waals surface area (Å²) in [6.45, 7) is 9.62. The minimum absolute atomic E-state index is 0.242. The van der Waals surface area contributed by atoms with E-state index in [-0.39, 0.29) is 6.10 Å². The minimum Gasteiger partial charge on any atom is -0.372 e. The van der Waals surface area contributed by atoms with Crippen molar-refractivity contribution in [2.75, 3.05) is 0 Å². The molecule has 0 unspecified atom stereocenters. The Balaban J connectivity index is 2.35. The van der Waals surface area contributed by atoms with E-state index in [1.54, 1.807) is 11.3 Å². The SMILES string of the molecule is CC(C)NCc1nnc(COC(C)C)s1. The van der Waals surface area contributed by atoms with Crippen LogP contribution < -0.4 is 5.32 Å². The molecule has 0 bridgehead atoms. The highest BCUT2D eigenvalue weighted by Crippen LogP contribution is 2.11. The van der Waals surface area contributed by atoms with Crippen molar-refractivity contribution in [3.8, 4) is 0 Å². The fourth-order valence-electron chi connectivity index (χ4n) is 0.948. The maximum absolute atomic E-state index is 5.45. The molecule has 0 aliphatic heterocycles. The molecule has 0 saturated carbocycles. The van der Waals surface area contributed by atoms with Crippen LogP contribution in [0.15, 0.2) is 0 Å². The van der Waals surface area contributed by atoms with E-state index in [0.29, 0.717) is 12.6 Å². The van der Waals surface area contributed by atoms with Crippen molar-refractivity contribution in [3.63, 3.8) is 0 Å². The van der Waals surface area contributed by atoms with Gasteiger partial charge in [0.25, 0.3) is 0 Å². The van der Waals surface area contributed by atoms with Crippen LogP contribution in [0.4, 0.5) is 0 Å². The molecule has 86 valence electrons. The highest BCUT2D eigenvalue weighted by Gasteiger charge is 2.05. The maximum atomic E-state index is 5.45. The van der Waals surface area contributed by atoms with E-state index in [1.165, 1.54) is 0 Å². The first-order chi connectivity index (χ1) is 7.08. The van der Waals surface area contributed by atoms with Gasteiger partial charge in [0, 0.05) is 12.6 Å². The lowest BCUT2D eigenvalue weighted by Crippen LogP contribution is -2.21. The lowest BCUT2D eigenvalue weighted by molar-refractivity contribution is 0.0652. The molecule has 1 aromatic heterocycles. The summed E-state index contributed by atoms with van der Waals surface area (Å²) >= 11 is 1.61. The second-order valence-corrected chi connectivity index (χ2v) is 5.13. The molecule has 0 saturated heterocycles. The second-order valence-electron chi connectivity index (χ2n) is 3.98. The summed E-state index contributed by atoms with van der Waals surface area (Å²) < 4.78 is 5.45. The van der Waals surface area contributed by atoms with Gasteiger partial charge < -0.3 is 10.1 Å². The zero-order valence-electron chi connectivity index (χ0n) is 9.78. The molecule has 1 N–H and O–H groups in total. The number of hydrogen-bond acceptors (Lipinski definition) is 5. The summed E-state index contributed by atoms with van der Waals surface area (Å²) in [5.41, 5.74) is 0. The molecule has 0 aliphatic rings. The molecule has 5 heteroatoms. The Morgan fingerprint density at radius 3 is 2.47 bits per heavy atom. The minimum atomic E-state index is 0.242. The fourth-order valence-corrected chi connectivity index (χ4v) is 1.67. The summed E-state index contributed by atoms with van der Waals surface area (Å²) in [6.07, 6.45) is 0.242. The first-order valence-corrected chi connectivity index (χ1v) is 6.06. The predicted molar refractivity (Wildman–Crippen MR) is 61.8 cm³/mol. The van der Waals surface area contributed by atoms with Crippen molar-refractivity contribution in [2.45, 2.75) is 53.0 Å². The Kier molecular flexibility index (Phi) is 5.14. The number of hydrogen-bond donors (Lipinski definition) is 1. The first kappa shape index (κ1) is 12.5. The van der Waals surface area contributed by atoms with Crippen LogP contribution in [0.2, 0.25) is 0 Å². The third-order valence-corrected chi connectivity index (χ3v) is 2.61. The van der Waals surface area contributed by atoms with Gasteiger partial charge in [0.15, 0.2) is 0 Å². The van der Waals surface area contributed by atoms with Crippen LogP contribution in [0.25, 0.3) is 0 Å². The molecule has 1 heterocycles. The normalized spacial score (nSPS) is 11.6. The quantitative estimate of drug-likeness (QED) is 0.810. The molecule has 1 rings (SSSR count). The average molecular weight is 229 g/mol. The Morgan fingerprint density at radius 1 is 1.20 bits per heavy atom. The van der Waals surface area contributed by atoms with Crippen LogP contribution in [0.3, 0.4) is 0 Å². The standard InChI is InChI=1S/C10H19N3OS/c1-7(2)11-5-9-12-13-10(15-9)6-14-8(3)4/h7-8,11H,5-6H2,1-4H3. The smallest absolute Gasteiger partial charge is 0.143 e. The number of aromatic nitrogens is 2. The Hall–Kier alpha value is -0.520. The largest absolute Gasteiger partial charge is 0.372 e. The number of nitrogens with one attached hydrogen (secondary N) is 1. The van der Waals surface area contributed by atoms with Crippen LogP contribution in [-0.2, 0) is 17.9 Å². The lowest BCUT2D eigenvalue weighted by Gasteiger charge is -2.04. The zero-order valence-corrected chi connectivity index (χ0v) is 10.6. The Labute approximate surface area is 95.1 Å². The van der Waals surface area contributed by atoms with Crippen LogP contribution in [0.5, 0.6) is 0 Å². The van der Waals surface area contributed by atoms with E-state index in [0.717, 1.165) is 16.6 Å².